The molecule has 0 unspecified atom stereocenters. The lowest BCUT2D eigenvalue weighted by Gasteiger charge is -2.13. The van der Waals surface area contributed by atoms with Crippen molar-refractivity contribution in [2.75, 3.05) is 11.9 Å². The fourth-order valence-electron chi connectivity index (χ4n) is 2.51. The maximum Gasteiger partial charge on any atom is 0.297 e. The molecule has 3 aromatic carbocycles. The highest BCUT2D eigenvalue weighted by atomic mass is 32.2. The van der Waals surface area contributed by atoms with E-state index >= 15 is 0 Å². The standard InChI is InChI=1S/C18H17NO3S/c1-2-22-23(20,21)17-13-7-9-14-8-6-12-16(18(14)17)19-15-10-4-3-5-11-15/h3-13,19H,2H2,1H3. The van der Waals surface area contributed by atoms with Crippen molar-refractivity contribution in [3.8, 4) is 0 Å². The zero-order chi connectivity index (χ0) is 16.3. The van der Waals surface area contributed by atoms with Crippen molar-refractivity contribution in [1.82, 2.24) is 0 Å². The number of para-hydroxylation sites is 1. The van der Waals surface area contributed by atoms with Gasteiger partial charge in [-0.15, -0.1) is 0 Å². The first-order valence-electron chi connectivity index (χ1n) is 7.35. The van der Waals surface area contributed by atoms with Gasteiger partial charge in [-0.3, -0.25) is 4.18 Å². The third kappa shape index (κ3) is 3.21. The molecule has 3 aromatic rings. The van der Waals surface area contributed by atoms with Crippen LogP contribution in [0.1, 0.15) is 6.92 Å². The van der Waals surface area contributed by atoms with E-state index in [2.05, 4.69) is 5.32 Å². The maximum absolute atomic E-state index is 12.4. The van der Waals surface area contributed by atoms with Crippen molar-refractivity contribution in [1.29, 1.82) is 0 Å². The third-order valence-electron chi connectivity index (χ3n) is 3.46. The van der Waals surface area contributed by atoms with Crippen LogP contribution in [0.15, 0.2) is 71.6 Å². The quantitative estimate of drug-likeness (QED) is 0.710. The van der Waals surface area contributed by atoms with E-state index in [9.17, 15) is 8.42 Å². The van der Waals surface area contributed by atoms with E-state index in [4.69, 9.17) is 4.18 Å². The predicted molar refractivity (Wildman–Crippen MR) is 92.5 cm³/mol. The number of anilines is 2. The molecule has 5 heteroatoms. The van der Waals surface area contributed by atoms with Crippen molar-refractivity contribution in [3.05, 3.63) is 66.7 Å². The summed E-state index contributed by atoms with van der Waals surface area (Å²) in [6, 6.07) is 20.5. The van der Waals surface area contributed by atoms with E-state index in [1.807, 2.05) is 54.6 Å². The van der Waals surface area contributed by atoms with E-state index in [0.29, 0.717) is 5.39 Å². The smallest absolute Gasteiger partial charge is 0.297 e. The zero-order valence-corrected chi connectivity index (χ0v) is 13.5. The molecule has 3 rings (SSSR count). The normalized spacial score (nSPS) is 11.5. The average Bonchev–Trinajstić information content (AvgIpc) is 2.55. The molecule has 4 nitrogen and oxygen atoms in total. The van der Waals surface area contributed by atoms with Gasteiger partial charge in [0.2, 0.25) is 0 Å². The Morgan fingerprint density at radius 2 is 1.61 bits per heavy atom. The van der Waals surface area contributed by atoms with Crippen molar-refractivity contribution >= 4 is 32.3 Å². The average molecular weight is 327 g/mol. The molecule has 23 heavy (non-hydrogen) atoms. The topological polar surface area (TPSA) is 55.4 Å². The number of benzene rings is 3. The monoisotopic (exact) mass is 327 g/mol. The molecule has 0 radical (unpaired) electrons. The van der Waals surface area contributed by atoms with Crippen LogP contribution in [-0.2, 0) is 14.3 Å². The molecule has 1 N–H and O–H groups in total. The number of nitrogens with one attached hydrogen (secondary N) is 1. The molecule has 0 saturated heterocycles. The van der Waals surface area contributed by atoms with E-state index in [-0.39, 0.29) is 11.5 Å². The highest BCUT2D eigenvalue weighted by Crippen LogP contribution is 2.32. The highest BCUT2D eigenvalue weighted by Gasteiger charge is 2.19. The van der Waals surface area contributed by atoms with Crippen molar-refractivity contribution in [3.63, 3.8) is 0 Å². The lowest BCUT2D eigenvalue weighted by atomic mass is 10.1. The SMILES string of the molecule is CCOS(=O)(=O)c1cccc2cccc(Nc3ccccc3)c12. The summed E-state index contributed by atoms with van der Waals surface area (Å²) in [6.07, 6.45) is 0. The van der Waals surface area contributed by atoms with E-state index in [1.54, 1.807) is 19.1 Å². The van der Waals surface area contributed by atoms with E-state index in [0.717, 1.165) is 16.8 Å². The number of fused-ring (bicyclic) bond motifs is 1. The fraction of sp³-hybridized carbons (Fsp3) is 0.111. The molecule has 0 aliphatic rings. The Morgan fingerprint density at radius 3 is 2.30 bits per heavy atom. The second-order valence-electron chi connectivity index (χ2n) is 5.01. The first kappa shape index (κ1) is 15.5. The summed E-state index contributed by atoms with van der Waals surface area (Å²) < 4.78 is 29.8. The molecular formula is C18H17NO3S. The molecule has 0 aliphatic heterocycles. The van der Waals surface area contributed by atoms with Crippen molar-refractivity contribution in [2.24, 2.45) is 0 Å². The Hall–Kier alpha value is -2.37. The van der Waals surface area contributed by atoms with Crippen LogP contribution in [0.25, 0.3) is 10.8 Å². The Balaban J connectivity index is 2.19. The van der Waals surface area contributed by atoms with Gasteiger partial charge in [-0.25, -0.2) is 0 Å². The molecule has 0 spiro atoms. The summed E-state index contributed by atoms with van der Waals surface area (Å²) in [4.78, 5) is 0.177. The largest absolute Gasteiger partial charge is 0.355 e. The van der Waals surface area contributed by atoms with Crippen LogP contribution in [-0.4, -0.2) is 15.0 Å². The summed E-state index contributed by atoms with van der Waals surface area (Å²) in [5, 5.41) is 4.75. The van der Waals surface area contributed by atoms with Gasteiger partial charge >= 0.3 is 0 Å². The Kier molecular flexibility index (Phi) is 4.32. The Labute approximate surface area is 135 Å². The van der Waals surface area contributed by atoms with Gasteiger partial charge in [-0.2, -0.15) is 8.42 Å². The molecule has 0 bridgehead atoms. The summed E-state index contributed by atoms with van der Waals surface area (Å²) >= 11 is 0. The highest BCUT2D eigenvalue weighted by molar-refractivity contribution is 7.87. The summed E-state index contributed by atoms with van der Waals surface area (Å²) in [7, 11) is -3.79. The van der Waals surface area contributed by atoms with Gasteiger partial charge in [0.05, 0.1) is 6.61 Å². The number of rotatable bonds is 5. The summed E-state index contributed by atoms with van der Waals surface area (Å²) in [6.45, 7) is 1.76. The molecule has 0 saturated carbocycles. The minimum Gasteiger partial charge on any atom is -0.355 e. The molecule has 118 valence electrons. The first-order chi connectivity index (χ1) is 11.1. The maximum atomic E-state index is 12.4. The molecular weight excluding hydrogens is 310 g/mol. The van der Waals surface area contributed by atoms with Crippen LogP contribution in [0.4, 0.5) is 11.4 Å². The van der Waals surface area contributed by atoms with E-state index < -0.39 is 10.1 Å². The van der Waals surface area contributed by atoms with Gasteiger partial charge < -0.3 is 5.32 Å². The lowest BCUT2D eigenvalue weighted by molar-refractivity contribution is 0.338. The minimum atomic E-state index is -3.79. The van der Waals surface area contributed by atoms with Crippen LogP contribution in [0.5, 0.6) is 0 Å². The fourth-order valence-corrected chi connectivity index (χ4v) is 3.67. The first-order valence-corrected chi connectivity index (χ1v) is 8.76. The van der Waals surface area contributed by atoms with Crippen molar-refractivity contribution < 1.29 is 12.6 Å². The molecule has 0 fully saturated rings. The number of hydrogen-bond acceptors (Lipinski definition) is 4. The van der Waals surface area contributed by atoms with Crippen LogP contribution in [0, 0.1) is 0 Å². The van der Waals surface area contributed by atoms with Gasteiger partial charge in [0.1, 0.15) is 4.90 Å². The van der Waals surface area contributed by atoms with Crippen molar-refractivity contribution in [2.45, 2.75) is 11.8 Å². The van der Waals surface area contributed by atoms with Crippen LogP contribution < -0.4 is 5.32 Å². The van der Waals surface area contributed by atoms with Crippen LogP contribution in [0.3, 0.4) is 0 Å². The van der Waals surface area contributed by atoms with Gasteiger partial charge in [0, 0.05) is 16.8 Å². The van der Waals surface area contributed by atoms with Gasteiger partial charge in [-0.05, 0) is 36.6 Å². The van der Waals surface area contributed by atoms with Crippen LogP contribution >= 0.6 is 0 Å². The van der Waals surface area contributed by atoms with E-state index in [1.165, 1.54) is 0 Å². The van der Waals surface area contributed by atoms with Crippen LogP contribution in [0.2, 0.25) is 0 Å². The van der Waals surface area contributed by atoms with Gasteiger partial charge in [0.25, 0.3) is 10.1 Å². The molecule has 0 atom stereocenters. The Bertz CT molecular complexity index is 916. The molecule has 0 aromatic heterocycles. The second-order valence-corrected chi connectivity index (χ2v) is 6.60. The Morgan fingerprint density at radius 1 is 0.913 bits per heavy atom. The lowest BCUT2D eigenvalue weighted by Crippen LogP contribution is -2.07. The zero-order valence-electron chi connectivity index (χ0n) is 12.7. The molecule has 0 heterocycles. The van der Waals surface area contributed by atoms with Gasteiger partial charge in [0.15, 0.2) is 0 Å². The summed E-state index contributed by atoms with van der Waals surface area (Å²) in [5.74, 6) is 0. The predicted octanol–water partition coefficient (Wildman–Crippen LogP) is 4.31. The van der Waals surface area contributed by atoms with Gasteiger partial charge in [-0.1, -0.05) is 42.5 Å². The number of hydrogen-bond donors (Lipinski definition) is 1. The molecule has 0 amide bonds. The summed E-state index contributed by atoms with van der Waals surface area (Å²) in [5.41, 5.74) is 1.62. The molecule has 0 aliphatic carbocycles. The third-order valence-corrected chi connectivity index (χ3v) is 4.89. The minimum absolute atomic E-state index is 0.104. The second kappa shape index (κ2) is 6.40.